The van der Waals surface area contributed by atoms with E-state index in [-0.39, 0.29) is 5.41 Å². The molecule has 0 aromatic carbocycles. The maximum Gasteiger partial charge on any atom is 0.185 e. The first kappa shape index (κ1) is 16.7. The summed E-state index contributed by atoms with van der Waals surface area (Å²) in [7, 11) is 1.74. The lowest BCUT2D eigenvalue weighted by molar-refractivity contribution is 0.199. The fourth-order valence-electron chi connectivity index (χ4n) is 2.67. The smallest absolute Gasteiger partial charge is 0.185 e. The predicted molar refractivity (Wildman–Crippen MR) is 90.4 cm³/mol. The number of anilines is 1. The van der Waals surface area contributed by atoms with E-state index in [1.165, 1.54) is 22.1 Å². The van der Waals surface area contributed by atoms with Gasteiger partial charge in [0.05, 0.1) is 12.3 Å². The molecule has 120 valence electrons. The summed E-state index contributed by atoms with van der Waals surface area (Å²) in [5.74, 6) is 0.787. The quantitative estimate of drug-likeness (QED) is 0.820. The Bertz CT molecular complexity index is 453. The van der Waals surface area contributed by atoms with Crippen LogP contribution in [0.4, 0.5) is 5.13 Å². The lowest BCUT2D eigenvalue weighted by atomic mass is 9.91. The molecule has 1 aromatic rings. The molecule has 4 nitrogen and oxygen atoms in total. The van der Waals surface area contributed by atoms with Gasteiger partial charge in [0.2, 0.25) is 0 Å². The zero-order chi connectivity index (χ0) is 15.5. The molecule has 1 aliphatic heterocycles. The van der Waals surface area contributed by atoms with Crippen LogP contribution in [0.5, 0.6) is 0 Å². The molecule has 0 radical (unpaired) electrons. The van der Waals surface area contributed by atoms with E-state index in [0.717, 1.165) is 38.7 Å². The van der Waals surface area contributed by atoms with E-state index in [1.807, 2.05) is 11.3 Å². The Balaban J connectivity index is 2.11. The van der Waals surface area contributed by atoms with Gasteiger partial charge in [-0.15, -0.1) is 11.3 Å². The third-order valence-electron chi connectivity index (χ3n) is 3.86. The fraction of sp³-hybridized carbons (Fsp3) is 0.812. The summed E-state index contributed by atoms with van der Waals surface area (Å²) in [6.07, 6.45) is 1.28. The maximum atomic E-state index is 5.09. The van der Waals surface area contributed by atoms with Crippen LogP contribution in [0.2, 0.25) is 0 Å². The minimum absolute atomic E-state index is 0.0956. The van der Waals surface area contributed by atoms with Gasteiger partial charge in [0, 0.05) is 43.6 Å². The van der Waals surface area contributed by atoms with Gasteiger partial charge in [-0.25, -0.2) is 4.98 Å². The number of methoxy groups -OCH3 is 1. The van der Waals surface area contributed by atoms with Gasteiger partial charge in [-0.1, -0.05) is 27.7 Å². The van der Waals surface area contributed by atoms with Crippen molar-refractivity contribution in [2.45, 2.75) is 46.1 Å². The Hall–Kier alpha value is -0.650. The van der Waals surface area contributed by atoms with Crippen molar-refractivity contribution in [3.63, 3.8) is 0 Å². The second-order valence-electron chi connectivity index (χ2n) is 7.03. The summed E-state index contributed by atoms with van der Waals surface area (Å²) < 4.78 is 5.09. The summed E-state index contributed by atoms with van der Waals surface area (Å²) >= 11 is 1.86. The SMILES string of the molecule is COCCNCc1sc(N2CCC(C)C2)nc1C(C)(C)C. The summed E-state index contributed by atoms with van der Waals surface area (Å²) in [6, 6.07) is 0. The molecule has 21 heavy (non-hydrogen) atoms. The highest BCUT2D eigenvalue weighted by Gasteiger charge is 2.27. The van der Waals surface area contributed by atoms with Crippen LogP contribution in [0.25, 0.3) is 0 Å². The predicted octanol–water partition coefficient (Wildman–Crippen LogP) is 3.02. The molecule has 5 heteroatoms. The van der Waals surface area contributed by atoms with E-state index < -0.39 is 0 Å². The molecule has 0 saturated carbocycles. The average molecular weight is 311 g/mol. The fourth-order valence-corrected chi connectivity index (χ4v) is 3.94. The Morgan fingerprint density at radius 1 is 1.43 bits per heavy atom. The van der Waals surface area contributed by atoms with Crippen LogP contribution in [0.3, 0.4) is 0 Å². The Kier molecular flexibility index (Phi) is 5.63. The van der Waals surface area contributed by atoms with Gasteiger partial charge in [-0.2, -0.15) is 0 Å². The van der Waals surface area contributed by atoms with Gasteiger partial charge in [-0.3, -0.25) is 0 Å². The monoisotopic (exact) mass is 311 g/mol. The molecule has 1 aromatic heterocycles. The third-order valence-corrected chi connectivity index (χ3v) is 4.98. The minimum Gasteiger partial charge on any atom is -0.383 e. The van der Waals surface area contributed by atoms with E-state index in [2.05, 4.69) is 37.9 Å². The molecule has 2 heterocycles. The lowest BCUT2D eigenvalue weighted by Crippen LogP contribution is -2.21. The number of nitrogens with zero attached hydrogens (tertiary/aromatic N) is 2. The average Bonchev–Trinajstić information content (AvgIpc) is 3.00. The van der Waals surface area contributed by atoms with Gasteiger partial charge in [0.25, 0.3) is 0 Å². The Labute approximate surface area is 132 Å². The van der Waals surface area contributed by atoms with Gasteiger partial charge in [0.1, 0.15) is 0 Å². The van der Waals surface area contributed by atoms with Crippen LogP contribution < -0.4 is 10.2 Å². The van der Waals surface area contributed by atoms with Crippen molar-refractivity contribution in [2.75, 3.05) is 38.3 Å². The number of rotatable bonds is 6. The summed E-state index contributed by atoms with van der Waals surface area (Å²) in [4.78, 5) is 8.79. The maximum absolute atomic E-state index is 5.09. The standard InChI is InChI=1S/C16H29N3OS/c1-12-6-8-19(11-12)15-18-14(16(2,3)4)13(21-15)10-17-7-9-20-5/h12,17H,6-11H2,1-5H3. The van der Waals surface area contributed by atoms with Crippen LogP contribution in [0.15, 0.2) is 0 Å². The number of hydrogen-bond acceptors (Lipinski definition) is 5. The van der Waals surface area contributed by atoms with Gasteiger partial charge < -0.3 is 15.0 Å². The molecule has 1 aliphatic rings. The molecule has 1 unspecified atom stereocenters. The molecule has 1 fully saturated rings. The van der Waals surface area contributed by atoms with E-state index >= 15 is 0 Å². The van der Waals surface area contributed by atoms with Gasteiger partial charge in [-0.05, 0) is 12.3 Å². The summed E-state index contributed by atoms with van der Waals surface area (Å²) in [5.41, 5.74) is 1.34. The van der Waals surface area contributed by atoms with Crippen molar-refractivity contribution >= 4 is 16.5 Å². The van der Waals surface area contributed by atoms with Crippen LogP contribution in [0.1, 0.15) is 44.7 Å². The topological polar surface area (TPSA) is 37.4 Å². The van der Waals surface area contributed by atoms with Gasteiger partial charge >= 0.3 is 0 Å². The van der Waals surface area contributed by atoms with Crippen LogP contribution >= 0.6 is 11.3 Å². The largest absolute Gasteiger partial charge is 0.383 e. The molecular weight excluding hydrogens is 282 g/mol. The molecular formula is C16H29N3OS. The lowest BCUT2D eigenvalue weighted by Gasteiger charge is -2.18. The molecule has 2 rings (SSSR count). The van der Waals surface area contributed by atoms with Crippen molar-refractivity contribution in [3.05, 3.63) is 10.6 Å². The number of thiazole rings is 1. The molecule has 0 bridgehead atoms. The van der Waals surface area contributed by atoms with E-state index in [4.69, 9.17) is 9.72 Å². The van der Waals surface area contributed by atoms with Crippen molar-refractivity contribution < 1.29 is 4.74 Å². The van der Waals surface area contributed by atoms with Crippen molar-refractivity contribution in [1.29, 1.82) is 0 Å². The number of nitrogens with one attached hydrogen (secondary N) is 1. The van der Waals surface area contributed by atoms with Crippen LogP contribution in [-0.2, 0) is 16.7 Å². The van der Waals surface area contributed by atoms with Crippen LogP contribution in [-0.4, -0.2) is 38.3 Å². The van der Waals surface area contributed by atoms with Crippen LogP contribution in [0, 0.1) is 5.92 Å². The highest BCUT2D eigenvalue weighted by Crippen LogP contribution is 2.35. The Morgan fingerprint density at radius 3 is 2.76 bits per heavy atom. The van der Waals surface area contributed by atoms with Crippen molar-refractivity contribution in [2.24, 2.45) is 5.92 Å². The highest BCUT2D eigenvalue weighted by atomic mass is 32.1. The highest BCUT2D eigenvalue weighted by molar-refractivity contribution is 7.15. The molecule has 0 spiro atoms. The molecule has 0 amide bonds. The number of aromatic nitrogens is 1. The molecule has 0 aliphatic carbocycles. The second-order valence-corrected chi connectivity index (χ2v) is 8.09. The minimum atomic E-state index is 0.0956. The summed E-state index contributed by atoms with van der Waals surface area (Å²) in [6.45, 7) is 13.9. The van der Waals surface area contributed by atoms with Gasteiger partial charge in [0.15, 0.2) is 5.13 Å². The second kappa shape index (κ2) is 7.07. The molecule has 1 atom stereocenters. The first-order chi connectivity index (χ1) is 9.91. The number of hydrogen-bond donors (Lipinski definition) is 1. The third kappa shape index (κ3) is 4.41. The Morgan fingerprint density at radius 2 is 2.19 bits per heavy atom. The zero-order valence-electron chi connectivity index (χ0n) is 14.0. The zero-order valence-corrected chi connectivity index (χ0v) is 14.8. The van der Waals surface area contributed by atoms with E-state index in [1.54, 1.807) is 7.11 Å². The van der Waals surface area contributed by atoms with E-state index in [0.29, 0.717) is 0 Å². The van der Waals surface area contributed by atoms with Crippen molar-refractivity contribution in [1.82, 2.24) is 10.3 Å². The van der Waals surface area contributed by atoms with E-state index in [9.17, 15) is 0 Å². The van der Waals surface area contributed by atoms with Crippen molar-refractivity contribution in [3.8, 4) is 0 Å². The normalized spacial score (nSPS) is 19.5. The summed E-state index contributed by atoms with van der Waals surface area (Å²) in [5, 5.41) is 4.66. The first-order valence-electron chi connectivity index (χ1n) is 7.86. The first-order valence-corrected chi connectivity index (χ1v) is 8.68. The molecule has 1 saturated heterocycles. The number of ether oxygens (including phenoxy) is 1. The molecule has 1 N–H and O–H groups in total.